The van der Waals surface area contributed by atoms with Crippen LogP contribution in [0.1, 0.15) is 12.3 Å². The molecule has 19 heavy (non-hydrogen) atoms. The van der Waals surface area contributed by atoms with Gasteiger partial charge in [0.1, 0.15) is 0 Å². The third kappa shape index (κ3) is 3.77. The van der Waals surface area contributed by atoms with Gasteiger partial charge >= 0.3 is 0 Å². The van der Waals surface area contributed by atoms with Crippen molar-refractivity contribution in [1.29, 1.82) is 0 Å². The van der Waals surface area contributed by atoms with E-state index in [-0.39, 0.29) is 12.3 Å². The number of amides is 1. The summed E-state index contributed by atoms with van der Waals surface area (Å²) in [7, 11) is 1.38. The number of carbonyl (C=O) groups excluding carboxylic acids is 1. The third-order valence-corrected chi connectivity index (χ3v) is 2.60. The van der Waals surface area contributed by atoms with Gasteiger partial charge in [0.15, 0.2) is 0 Å². The monoisotopic (exact) mass is 281 g/mol. The highest BCUT2D eigenvalue weighted by atomic mass is 35.5. The maximum absolute atomic E-state index is 11.2. The maximum atomic E-state index is 11.2. The highest BCUT2D eigenvalue weighted by Crippen LogP contribution is 2.18. The number of carbonyl (C=O) groups is 1. The predicted molar refractivity (Wildman–Crippen MR) is 68.2 cm³/mol. The zero-order valence-electron chi connectivity index (χ0n) is 10.2. The summed E-state index contributed by atoms with van der Waals surface area (Å²) in [5.74, 6) is 0.628. The normalized spacial score (nSPS) is 10.4. The first-order chi connectivity index (χ1) is 9.19. The number of nitrogens with zero attached hydrogens (tertiary/aromatic N) is 2. The van der Waals surface area contributed by atoms with Crippen molar-refractivity contribution in [3.8, 4) is 11.4 Å². The van der Waals surface area contributed by atoms with E-state index in [1.807, 2.05) is 0 Å². The number of halogens is 1. The Morgan fingerprint density at radius 2 is 2.16 bits per heavy atom. The summed E-state index contributed by atoms with van der Waals surface area (Å²) in [5.41, 5.74) is 3.02. The van der Waals surface area contributed by atoms with Crippen molar-refractivity contribution in [3.63, 3.8) is 0 Å². The van der Waals surface area contributed by atoms with Gasteiger partial charge in [-0.1, -0.05) is 16.8 Å². The first-order valence-corrected chi connectivity index (χ1v) is 5.97. The minimum atomic E-state index is -0.242. The topological polar surface area (TPSA) is 77.2 Å². The molecule has 0 aliphatic rings. The number of aromatic nitrogens is 2. The van der Waals surface area contributed by atoms with Gasteiger partial charge in [-0.3, -0.25) is 9.63 Å². The molecule has 1 aromatic carbocycles. The van der Waals surface area contributed by atoms with E-state index < -0.39 is 0 Å². The molecule has 0 bridgehead atoms. The third-order valence-electron chi connectivity index (χ3n) is 2.35. The Balaban J connectivity index is 1.99. The van der Waals surface area contributed by atoms with Gasteiger partial charge in [-0.25, -0.2) is 5.48 Å². The van der Waals surface area contributed by atoms with Crippen LogP contribution in [-0.2, 0) is 16.1 Å². The Morgan fingerprint density at radius 1 is 1.42 bits per heavy atom. The molecular formula is C12H12ClN3O3. The van der Waals surface area contributed by atoms with Gasteiger partial charge in [0.05, 0.1) is 7.11 Å². The van der Waals surface area contributed by atoms with Crippen LogP contribution in [0.4, 0.5) is 0 Å². The van der Waals surface area contributed by atoms with Crippen molar-refractivity contribution in [1.82, 2.24) is 15.6 Å². The molecule has 0 fully saturated rings. The van der Waals surface area contributed by atoms with E-state index in [2.05, 4.69) is 20.5 Å². The standard InChI is InChI=1S/C12H12ClN3O3/c1-18-15-10(17)6-7-11-14-12(16-19-11)8-2-4-9(13)5-3-8/h2-5H,6-7H2,1H3,(H,15,17). The summed E-state index contributed by atoms with van der Waals surface area (Å²) in [6.07, 6.45) is 0.575. The van der Waals surface area contributed by atoms with Crippen LogP contribution in [0.25, 0.3) is 11.4 Å². The average molecular weight is 282 g/mol. The van der Waals surface area contributed by atoms with Crippen molar-refractivity contribution in [2.75, 3.05) is 7.11 Å². The number of hydroxylamine groups is 1. The van der Waals surface area contributed by atoms with Gasteiger partial charge in [0.2, 0.25) is 17.6 Å². The number of benzene rings is 1. The second kappa shape index (κ2) is 6.31. The van der Waals surface area contributed by atoms with Gasteiger partial charge in [-0.05, 0) is 24.3 Å². The zero-order valence-corrected chi connectivity index (χ0v) is 11.0. The Morgan fingerprint density at radius 3 is 2.84 bits per heavy atom. The maximum Gasteiger partial charge on any atom is 0.244 e. The fourth-order valence-corrected chi connectivity index (χ4v) is 1.58. The summed E-state index contributed by atoms with van der Waals surface area (Å²) in [6.45, 7) is 0. The van der Waals surface area contributed by atoms with E-state index >= 15 is 0 Å². The Labute approximate surface area is 114 Å². The van der Waals surface area contributed by atoms with Crippen molar-refractivity contribution in [2.45, 2.75) is 12.8 Å². The predicted octanol–water partition coefficient (Wildman–Crippen LogP) is 2.00. The van der Waals surface area contributed by atoms with Crippen LogP contribution >= 0.6 is 11.6 Å². The van der Waals surface area contributed by atoms with E-state index in [0.717, 1.165) is 5.56 Å². The lowest BCUT2D eigenvalue weighted by atomic mass is 10.2. The number of aryl methyl sites for hydroxylation is 1. The van der Waals surface area contributed by atoms with Crippen molar-refractivity contribution < 1.29 is 14.2 Å². The second-order valence-corrected chi connectivity index (χ2v) is 4.18. The molecule has 0 atom stereocenters. The molecule has 2 aromatic rings. The van der Waals surface area contributed by atoms with Crippen LogP contribution in [0.15, 0.2) is 28.8 Å². The van der Waals surface area contributed by atoms with Gasteiger partial charge < -0.3 is 4.52 Å². The smallest absolute Gasteiger partial charge is 0.244 e. The van der Waals surface area contributed by atoms with E-state index in [4.69, 9.17) is 16.1 Å². The Bertz CT molecular complexity index is 554. The molecule has 0 aliphatic carbocycles. The number of hydrogen-bond acceptors (Lipinski definition) is 5. The lowest BCUT2D eigenvalue weighted by Crippen LogP contribution is -2.21. The minimum Gasteiger partial charge on any atom is -0.339 e. The summed E-state index contributed by atoms with van der Waals surface area (Å²) in [5, 5.41) is 4.49. The van der Waals surface area contributed by atoms with Gasteiger partial charge in [0.25, 0.3) is 0 Å². The second-order valence-electron chi connectivity index (χ2n) is 3.75. The minimum absolute atomic E-state index is 0.218. The van der Waals surface area contributed by atoms with Crippen LogP contribution in [0.2, 0.25) is 5.02 Å². The molecule has 1 aromatic heterocycles. The molecule has 0 radical (unpaired) electrons. The van der Waals surface area contributed by atoms with E-state index in [1.54, 1.807) is 24.3 Å². The lowest BCUT2D eigenvalue weighted by molar-refractivity contribution is -0.131. The van der Waals surface area contributed by atoms with E-state index in [1.165, 1.54) is 7.11 Å². The Kier molecular flexibility index (Phi) is 4.48. The molecule has 0 aliphatic heterocycles. The van der Waals surface area contributed by atoms with Crippen molar-refractivity contribution in [2.24, 2.45) is 0 Å². The molecule has 0 saturated carbocycles. The van der Waals surface area contributed by atoms with E-state index in [9.17, 15) is 4.79 Å². The largest absolute Gasteiger partial charge is 0.339 e. The highest BCUT2D eigenvalue weighted by Gasteiger charge is 2.10. The number of hydrogen-bond donors (Lipinski definition) is 1. The van der Waals surface area contributed by atoms with E-state index in [0.29, 0.717) is 23.2 Å². The van der Waals surface area contributed by atoms with Gasteiger partial charge in [-0.2, -0.15) is 4.98 Å². The van der Waals surface area contributed by atoms with Crippen LogP contribution in [-0.4, -0.2) is 23.2 Å². The molecule has 1 heterocycles. The van der Waals surface area contributed by atoms with Crippen LogP contribution < -0.4 is 5.48 Å². The van der Waals surface area contributed by atoms with Crippen LogP contribution in [0.3, 0.4) is 0 Å². The molecule has 1 N–H and O–H groups in total. The molecule has 100 valence electrons. The van der Waals surface area contributed by atoms with Crippen LogP contribution in [0.5, 0.6) is 0 Å². The fourth-order valence-electron chi connectivity index (χ4n) is 1.46. The summed E-state index contributed by atoms with van der Waals surface area (Å²) in [6, 6.07) is 7.10. The summed E-state index contributed by atoms with van der Waals surface area (Å²) >= 11 is 5.80. The molecule has 0 spiro atoms. The SMILES string of the molecule is CONC(=O)CCc1nc(-c2ccc(Cl)cc2)no1. The number of rotatable bonds is 5. The summed E-state index contributed by atoms with van der Waals surface area (Å²) in [4.78, 5) is 19.9. The van der Waals surface area contributed by atoms with Crippen molar-refractivity contribution >= 4 is 17.5 Å². The van der Waals surface area contributed by atoms with Gasteiger partial charge in [-0.15, -0.1) is 0 Å². The zero-order chi connectivity index (χ0) is 13.7. The molecule has 7 heteroatoms. The van der Waals surface area contributed by atoms with Gasteiger partial charge in [0, 0.05) is 23.4 Å². The number of nitrogens with one attached hydrogen (secondary N) is 1. The first-order valence-electron chi connectivity index (χ1n) is 5.59. The molecule has 0 saturated heterocycles. The quantitative estimate of drug-likeness (QED) is 0.848. The summed E-state index contributed by atoms with van der Waals surface area (Å²) < 4.78 is 5.06. The van der Waals surface area contributed by atoms with Crippen molar-refractivity contribution in [3.05, 3.63) is 35.2 Å². The molecule has 2 rings (SSSR count). The highest BCUT2D eigenvalue weighted by molar-refractivity contribution is 6.30. The fraction of sp³-hybridized carbons (Fsp3) is 0.250. The molecule has 1 amide bonds. The first kappa shape index (κ1) is 13.5. The average Bonchev–Trinajstić information content (AvgIpc) is 2.86. The molecule has 0 unspecified atom stereocenters. The lowest BCUT2D eigenvalue weighted by Gasteiger charge is -1.98. The molecule has 6 nitrogen and oxygen atoms in total. The molecular weight excluding hydrogens is 270 g/mol. The Hall–Kier alpha value is -1.92. The van der Waals surface area contributed by atoms with Crippen LogP contribution in [0, 0.1) is 0 Å².